The van der Waals surface area contributed by atoms with Crippen LogP contribution in [0.25, 0.3) is 0 Å². The van der Waals surface area contributed by atoms with Crippen molar-refractivity contribution in [3.63, 3.8) is 0 Å². The highest BCUT2D eigenvalue weighted by atomic mass is 16.5. The van der Waals surface area contributed by atoms with Crippen LogP contribution in [-0.2, 0) is 16.0 Å². The van der Waals surface area contributed by atoms with Crippen LogP contribution in [-0.4, -0.2) is 61.4 Å². The van der Waals surface area contributed by atoms with Crippen LogP contribution in [0.4, 0.5) is 5.69 Å². The number of anilines is 1. The van der Waals surface area contributed by atoms with Gasteiger partial charge in [-0.1, -0.05) is 18.2 Å². The quantitative estimate of drug-likeness (QED) is 0.861. The summed E-state index contributed by atoms with van der Waals surface area (Å²) in [4.78, 5) is 17.1. The first kappa shape index (κ1) is 17.4. The average Bonchev–Trinajstić information content (AvgIpc) is 3.04. The SMILES string of the molecule is CCOC[C@@H](O)CN1CCC(C(=O)N2CCc3ccccc32)CC1. The first-order chi connectivity index (χ1) is 11.7. The molecule has 0 saturated carbocycles. The molecule has 2 heterocycles. The summed E-state index contributed by atoms with van der Waals surface area (Å²) < 4.78 is 5.26. The third kappa shape index (κ3) is 3.97. The summed E-state index contributed by atoms with van der Waals surface area (Å²) in [5, 5.41) is 9.95. The van der Waals surface area contributed by atoms with Crippen LogP contribution in [0.5, 0.6) is 0 Å². The second kappa shape index (κ2) is 8.10. The Labute approximate surface area is 144 Å². The number of benzene rings is 1. The summed E-state index contributed by atoms with van der Waals surface area (Å²) in [6, 6.07) is 8.22. The monoisotopic (exact) mass is 332 g/mol. The molecule has 1 N–H and O–H groups in total. The molecule has 3 rings (SSSR count). The average molecular weight is 332 g/mol. The van der Waals surface area contributed by atoms with E-state index >= 15 is 0 Å². The lowest BCUT2D eigenvalue weighted by molar-refractivity contribution is -0.123. The maximum absolute atomic E-state index is 12.9. The van der Waals surface area contributed by atoms with Gasteiger partial charge in [0.05, 0.1) is 12.7 Å². The van der Waals surface area contributed by atoms with Gasteiger partial charge in [-0.25, -0.2) is 0 Å². The lowest BCUT2D eigenvalue weighted by Crippen LogP contribution is -2.44. The van der Waals surface area contributed by atoms with Gasteiger partial charge in [-0.15, -0.1) is 0 Å². The van der Waals surface area contributed by atoms with Gasteiger partial charge in [0.1, 0.15) is 0 Å². The molecule has 1 atom stereocenters. The van der Waals surface area contributed by atoms with Gasteiger partial charge in [0.15, 0.2) is 0 Å². The Bertz CT molecular complexity index is 555. The lowest BCUT2D eigenvalue weighted by atomic mass is 9.95. The molecule has 1 aromatic rings. The third-order valence-corrected chi connectivity index (χ3v) is 5.07. The van der Waals surface area contributed by atoms with Crippen molar-refractivity contribution < 1.29 is 14.6 Å². The fourth-order valence-electron chi connectivity index (χ4n) is 3.75. The van der Waals surface area contributed by atoms with Crippen LogP contribution in [0.3, 0.4) is 0 Å². The zero-order valence-corrected chi connectivity index (χ0v) is 14.5. The van der Waals surface area contributed by atoms with Crippen molar-refractivity contribution in [2.45, 2.75) is 32.3 Å². The number of carbonyl (C=O) groups is 1. The number of carbonyl (C=O) groups excluding carboxylic acids is 1. The molecule has 5 heteroatoms. The van der Waals surface area contributed by atoms with Crippen molar-refractivity contribution in [3.05, 3.63) is 29.8 Å². The topological polar surface area (TPSA) is 53.0 Å². The minimum Gasteiger partial charge on any atom is -0.389 e. The van der Waals surface area contributed by atoms with Crippen molar-refractivity contribution in [1.29, 1.82) is 0 Å². The number of rotatable bonds is 6. The van der Waals surface area contributed by atoms with E-state index in [0.717, 1.165) is 44.6 Å². The number of aliphatic hydroxyl groups excluding tert-OH is 1. The van der Waals surface area contributed by atoms with Crippen LogP contribution in [0, 0.1) is 5.92 Å². The van der Waals surface area contributed by atoms with Crippen molar-refractivity contribution in [2.75, 3.05) is 44.3 Å². The zero-order chi connectivity index (χ0) is 16.9. The number of fused-ring (bicyclic) bond motifs is 1. The molecular weight excluding hydrogens is 304 g/mol. The highest BCUT2D eigenvalue weighted by molar-refractivity contribution is 5.97. The Hall–Kier alpha value is -1.43. The van der Waals surface area contributed by atoms with Crippen LogP contribution in [0.1, 0.15) is 25.3 Å². The van der Waals surface area contributed by atoms with E-state index in [1.54, 1.807) is 0 Å². The van der Waals surface area contributed by atoms with Gasteiger partial charge in [0.25, 0.3) is 0 Å². The number of para-hydroxylation sites is 1. The number of ether oxygens (including phenoxy) is 1. The minimum absolute atomic E-state index is 0.108. The minimum atomic E-state index is -0.442. The molecule has 1 saturated heterocycles. The summed E-state index contributed by atoms with van der Waals surface area (Å²) in [6.07, 6.45) is 2.27. The number of amides is 1. The van der Waals surface area contributed by atoms with E-state index in [-0.39, 0.29) is 11.8 Å². The molecule has 0 aliphatic carbocycles. The number of β-amino-alcohol motifs (C(OH)–C–C–N with tert-alkyl or cyclic N) is 1. The second-order valence-electron chi connectivity index (χ2n) is 6.76. The van der Waals surface area contributed by atoms with E-state index in [4.69, 9.17) is 4.74 Å². The van der Waals surface area contributed by atoms with Gasteiger partial charge in [-0.05, 0) is 50.9 Å². The standard InChI is InChI=1S/C19H28N2O3/c1-2-24-14-17(22)13-20-10-7-16(8-11-20)19(23)21-12-9-15-5-3-4-6-18(15)21/h3-6,16-17,22H,2,7-14H2,1H3/t17-/m0/s1. The fraction of sp³-hybridized carbons (Fsp3) is 0.632. The number of hydrogen-bond donors (Lipinski definition) is 1. The van der Waals surface area contributed by atoms with Crippen molar-refractivity contribution in [1.82, 2.24) is 4.90 Å². The van der Waals surface area contributed by atoms with Crippen molar-refractivity contribution in [2.24, 2.45) is 5.92 Å². The van der Waals surface area contributed by atoms with Gasteiger partial charge in [-0.3, -0.25) is 4.79 Å². The van der Waals surface area contributed by atoms with Gasteiger partial charge in [-0.2, -0.15) is 0 Å². The van der Waals surface area contributed by atoms with Gasteiger partial charge >= 0.3 is 0 Å². The third-order valence-electron chi connectivity index (χ3n) is 5.07. The van der Waals surface area contributed by atoms with E-state index < -0.39 is 6.10 Å². The first-order valence-electron chi connectivity index (χ1n) is 9.06. The molecule has 1 aromatic carbocycles. The smallest absolute Gasteiger partial charge is 0.230 e. The van der Waals surface area contributed by atoms with Crippen LogP contribution >= 0.6 is 0 Å². The molecule has 1 amide bonds. The van der Waals surface area contributed by atoms with E-state index in [2.05, 4.69) is 17.0 Å². The molecular formula is C19H28N2O3. The van der Waals surface area contributed by atoms with Gasteiger partial charge in [0.2, 0.25) is 5.91 Å². The van der Waals surface area contributed by atoms with Gasteiger partial charge in [0, 0.05) is 31.3 Å². The normalized spacial score (nSPS) is 20.2. The molecule has 132 valence electrons. The number of aliphatic hydroxyl groups is 1. The van der Waals surface area contributed by atoms with E-state index in [1.165, 1.54) is 5.56 Å². The second-order valence-corrected chi connectivity index (χ2v) is 6.76. The highest BCUT2D eigenvalue weighted by Gasteiger charge is 2.32. The molecule has 5 nitrogen and oxygen atoms in total. The molecule has 2 aliphatic rings. The number of nitrogens with zero attached hydrogens (tertiary/aromatic N) is 2. The molecule has 0 unspecified atom stereocenters. The number of likely N-dealkylation sites (tertiary alicyclic amines) is 1. The van der Waals surface area contributed by atoms with Crippen molar-refractivity contribution in [3.8, 4) is 0 Å². The Kier molecular flexibility index (Phi) is 5.87. The summed E-state index contributed by atoms with van der Waals surface area (Å²) in [5.41, 5.74) is 2.37. The number of hydrogen-bond acceptors (Lipinski definition) is 4. The summed E-state index contributed by atoms with van der Waals surface area (Å²) in [5.74, 6) is 0.380. The van der Waals surface area contributed by atoms with Crippen LogP contribution in [0.2, 0.25) is 0 Å². The zero-order valence-electron chi connectivity index (χ0n) is 14.5. The summed E-state index contributed by atoms with van der Waals surface area (Å²) in [7, 11) is 0. The molecule has 24 heavy (non-hydrogen) atoms. The van der Waals surface area contributed by atoms with Crippen LogP contribution < -0.4 is 4.90 Å². The Morgan fingerprint density at radius 3 is 2.79 bits per heavy atom. The predicted octanol–water partition coefficient (Wildman–Crippen LogP) is 1.69. The maximum Gasteiger partial charge on any atom is 0.230 e. The van der Waals surface area contributed by atoms with Crippen molar-refractivity contribution >= 4 is 11.6 Å². The van der Waals surface area contributed by atoms with Gasteiger partial charge < -0.3 is 19.6 Å². The Balaban J connectivity index is 1.49. The maximum atomic E-state index is 12.9. The predicted molar refractivity (Wildman–Crippen MR) is 94.2 cm³/mol. The Morgan fingerprint density at radius 2 is 2.04 bits per heavy atom. The molecule has 0 bridgehead atoms. The molecule has 1 fully saturated rings. The molecule has 0 aromatic heterocycles. The largest absolute Gasteiger partial charge is 0.389 e. The lowest BCUT2D eigenvalue weighted by Gasteiger charge is -2.34. The molecule has 0 radical (unpaired) electrons. The fourth-order valence-corrected chi connectivity index (χ4v) is 3.75. The summed E-state index contributed by atoms with van der Waals surface area (Å²) in [6.45, 7) is 6.13. The first-order valence-corrected chi connectivity index (χ1v) is 9.06. The van der Waals surface area contributed by atoms with E-state index in [0.29, 0.717) is 19.8 Å². The van der Waals surface area contributed by atoms with E-state index in [9.17, 15) is 9.90 Å². The summed E-state index contributed by atoms with van der Waals surface area (Å²) >= 11 is 0. The molecule has 2 aliphatic heterocycles. The van der Waals surface area contributed by atoms with Crippen LogP contribution in [0.15, 0.2) is 24.3 Å². The molecule has 0 spiro atoms. The number of piperidine rings is 1. The highest BCUT2D eigenvalue weighted by Crippen LogP contribution is 2.30. The Morgan fingerprint density at radius 1 is 1.29 bits per heavy atom. The van der Waals surface area contributed by atoms with E-state index in [1.807, 2.05) is 24.0 Å².